The average molecular weight is 527 g/mol. The Morgan fingerprint density at radius 3 is 1.77 bits per heavy atom. The topological polar surface area (TPSA) is 102 Å². The molecule has 10 heteroatoms. The molecule has 9 nitrogen and oxygen atoms in total. The average Bonchev–Trinajstić information content (AvgIpc) is 2.85. The molecular formula is C25H51O9P. The van der Waals surface area contributed by atoms with Gasteiger partial charge in [-0.2, -0.15) is 0 Å². The van der Waals surface area contributed by atoms with E-state index in [0.717, 1.165) is 51.4 Å². The van der Waals surface area contributed by atoms with Gasteiger partial charge >= 0.3 is 7.60 Å². The molecule has 0 aromatic rings. The molecule has 1 aliphatic rings. The van der Waals surface area contributed by atoms with Crippen molar-refractivity contribution in [2.75, 3.05) is 53.4 Å². The first-order valence-electron chi connectivity index (χ1n) is 13.4. The third-order valence-electron chi connectivity index (χ3n) is 6.10. The minimum atomic E-state index is -3.65. The summed E-state index contributed by atoms with van der Waals surface area (Å²) in [5.74, 6) is -1.98. The molecule has 0 aromatic heterocycles. The van der Waals surface area contributed by atoms with Crippen LogP contribution in [0.1, 0.15) is 79.1 Å². The molecule has 1 aliphatic heterocycles. The van der Waals surface area contributed by atoms with Gasteiger partial charge in [-0.05, 0) is 25.7 Å². The van der Waals surface area contributed by atoms with Gasteiger partial charge in [0.05, 0.1) is 6.61 Å². The number of hydrogen-bond acceptors (Lipinski definition) is 9. The van der Waals surface area contributed by atoms with E-state index in [4.69, 9.17) is 32.7 Å². The monoisotopic (exact) mass is 526 g/mol. The van der Waals surface area contributed by atoms with E-state index in [-0.39, 0.29) is 6.61 Å². The first kappa shape index (κ1) is 32.9. The Morgan fingerprint density at radius 1 is 0.771 bits per heavy atom. The maximum Gasteiger partial charge on any atom is 0.335 e. The van der Waals surface area contributed by atoms with Gasteiger partial charge in [0.2, 0.25) is 5.79 Å². The van der Waals surface area contributed by atoms with Gasteiger partial charge in [0.1, 0.15) is 30.6 Å². The predicted molar refractivity (Wildman–Crippen MR) is 136 cm³/mol. The summed E-state index contributed by atoms with van der Waals surface area (Å²) in [6.07, 6.45) is 4.18. The smallest absolute Gasteiger partial charge is 0.335 e. The zero-order chi connectivity index (χ0) is 26.2. The lowest BCUT2D eigenvalue weighted by molar-refractivity contribution is -0.358. The third-order valence-corrected chi connectivity index (χ3v) is 8.05. The quantitative estimate of drug-likeness (QED) is 0.165. The van der Waals surface area contributed by atoms with Gasteiger partial charge in [-0.15, -0.1) is 0 Å². The molecule has 0 radical (unpaired) electrons. The Hall–Kier alpha value is -0.0900. The van der Waals surface area contributed by atoms with Crippen LogP contribution in [0.15, 0.2) is 0 Å². The zero-order valence-corrected chi connectivity index (χ0v) is 23.8. The van der Waals surface area contributed by atoms with Crippen molar-refractivity contribution in [3.8, 4) is 0 Å². The van der Waals surface area contributed by atoms with E-state index in [0.29, 0.717) is 26.4 Å². The maximum absolute atomic E-state index is 13.1. The van der Waals surface area contributed by atoms with Gasteiger partial charge in [0, 0.05) is 40.6 Å². The van der Waals surface area contributed by atoms with E-state index in [1.54, 1.807) is 0 Å². The molecule has 210 valence electrons. The second-order valence-electron chi connectivity index (χ2n) is 9.09. The van der Waals surface area contributed by atoms with Crippen molar-refractivity contribution < 1.29 is 42.4 Å². The summed E-state index contributed by atoms with van der Waals surface area (Å²) in [6, 6.07) is 0. The lowest BCUT2D eigenvalue weighted by atomic mass is 9.92. The largest absolute Gasteiger partial charge is 0.379 e. The second-order valence-corrected chi connectivity index (χ2v) is 11.4. The van der Waals surface area contributed by atoms with E-state index >= 15 is 0 Å². The number of unbranched alkanes of at least 4 members (excludes halogenated alkanes) is 4. The van der Waals surface area contributed by atoms with Gasteiger partial charge in [-0.3, -0.25) is 4.57 Å². The van der Waals surface area contributed by atoms with Crippen LogP contribution < -0.4 is 0 Å². The number of hydrogen-bond donors (Lipinski definition) is 1. The summed E-state index contributed by atoms with van der Waals surface area (Å²) in [4.78, 5) is 0. The van der Waals surface area contributed by atoms with Crippen LogP contribution in [0, 0.1) is 0 Å². The van der Waals surface area contributed by atoms with Crippen molar-refractivity contribution >= 4 is 7.60 Å². The maximum atomic E-state index is 13.1. The fourth-order valence-electron chi connectivity index (χ4n) is 3.91. The van der Waals surface area contributed by atoms with Gasteiger partial charge < -0.3 is 37.8 Å². The molecule has 1 heterocycles. The van der Waals surface area contributed by atoms with Gasteiger partial charge in [0.15, 0.2) is 0 Å². The SMILES string of the molecule is CCCCOC[C@H]1O[C@@](O)(CP(=O)(OC)OC)[C@H](OCCCC)[C@@H](OCCCC)[C@@H]1OCCCC. The minimum Gasteiger partial charge on any atom is -0.379 e. The molecule has 1 saturated heterocycles. The lowest BCUT2D eigenvalue weighted by Gasteiger charge is -2.50. The van der Waals surface area contributed by atoms with Crippen molar-refractivity contribution in [1.29, 1.82) is 0 Å². The second kappa shape index (κ2) is 18.2. The molecule has 0 unspecified atom stereocenters. The van der Waals surface area contributed by atoms with Crippen LogP contribution in [-0.2, 0) is 37.3 Å². The summed E-state index contributed by atoms with van der Waals surface area (Å²) in [7, 11) is -1.07. The molecule has 0 aliphatic carbocycles. The summed E-state index contributed by atoms with van der Waals surface area (Å²) >= 11 is 0. The molecule has 0 saturated carbocycles. The Balaban J connectivity index is 3.35. The molecule has 0 amide bonds. The Morgan fingerprint density at radius 2 is 1.26 bits per heavy atom. The predicted octanol–water partition coefficient (Wildman–Crippen LogP) is 4.93. The molecule has 0 aromatic carbocycles. The van der Waals surface area contributed by atoms with E-state index in [2.05, 4.69) is 27.7 Å². The molecule has 1 rings (SSSR count). The van der Waals surface area contributed by atoms with Crippen LogP contribution in [0.5, 0.6) is 0 Å². The highest BCUT2D eigenvalue weighted by molar-refractivity contribution is 7.53. The minimum absolute atomic E-state index is 0.207. The highest BCUT2D eigenvalue weighted by atomic mass is 31.2. The summed E-state index contributed by atoms with van der Waals surface area (Å²) in [6.45, 7) is 10.5. The number of rotatable bonds is 21. The Kier molecular flexibility index (Phi) is 17.1. The van der Waals surface area contributed by atoms with Crippen molar-refractivity contribution in [3.05, 3.63) is 0 Å². The molecule has 1 fully saturated rings. The zero-order valence-electron chi connectivity index (χ0n) is 22.9. The molecule has 5 atom stereocenters. The fourth-order valence-corrected chi connectivity index (χ4v) is 5.13. The first-order valence-corrected chi connectivity index (χ1v) is 15.1. The summed E-state index contributed by atoms with van der Waals surface area (Å²) in [5, 5.41) is 11.8. The van der Waals surface area contributed by atoms with Gasteiger partial charge in [-0.25, -0.2) is 0 Å². The number of ether oxygens (including phenoxy) is 5. The van der Waals surface area contributed by atoms with Crippen LogP contribution >= 0.6 is 7.60 Å². The molecule has 0 spiro atoms. The van der Waals surface area contributed by atoms with Crippen LogP contribution in [0.2, 0.25) is 0 Å². The van der Waals surface area contributed by atoms with Crippen molar-refractivity contribution in [2.45, 2.75) is 109 Å². The molecule has 1 N–H and O–H groups in total. The lowest BCUT2D eigenvalue weighted by Crippen LogP contribution is -2.68. The third kappa shape index (κ3) is 11.0. The van der Waals surface area contributed by atoms with Crippen molar-refractivity contribution in [3.63, 3.8) is 0 Å². The summed E-state index contributed by atoms with van der Waals surface area (Å²) < 4.78 is 54.4. The Bertz CT molecular complexity index is 571. The highest BCUT2D eigenvalue weighted by Crippen LogP contribution is 2.52. The molecule has 35 heavy (non-hydrogen) atoms. The Labute approximate surface area is 213 Å². The van der Waals surface area contributed by atoms with Crippen LogP contribution in [0.4, 0.5) is 0 Å². The van der Waals surface area contributed by atoms with E-state index in [1.165, 1.54) is 14.2 Å². The normalized spacial score (nSPS) is 27.4. The number of aliphatic hydroxyl groups is 1. The summed E-state index contributed by atoms with van der Waals surface area (Å²) in [5.41, 5.74) is 0. The van der Waals surface area contributed by atoms with Crippen LogP contribution in [0.3, 0.4) is 0 Å². The van der Waals surface area contributed by atoms with E-state index in [1.807, 2.05) is 0 Å². The highest BCUT2D eigenvalue weighted by Gasteiger charge is 2.58. The standard InChI is InChI=1S/C25H51O9P/c1-7-11-15-30-19-21-22(31-16-12-8-2)23(32-17-13-9-3)24(33-18-14-10-4)25(26,34-21)20-35(27,28-5)29-6/h21-24,26H,7-20H2,1-6H3/t21-,22-,23+,24-,25+/m1/s1. The van der Waals surface area contributed by atoms with Crippen LogP contribution in [0.25, 0.3) is 0 Å². The first-order chi connectivity index (χ1) is 16.8. The van der Waals surface area contributed by atoms with Crippen LogP contribution in [-0.4, -0.2) is 88.7 Å². The van der Waals surface area contributed by atoms with Crippen molar-refractivity contribution in [1.82, 2.24) is 0 Å². The fraction of sp³-hybridized carbons (Fsp3) is 1.00. The van der Waals surface area contributed by atoms with Gasteiger partial charge in [-0.1, -0.05) is 53.4 Å². The molecular weight excluding hydrogens is 475 g/mol. The molecule has 0 bridgehead atoms. The van der Waals surface area contributed by atoms with Gasteiger partial charge in [0.25, 0.3) is 0 Å². The van der Waals surface area contributed by atoms with E-state index < -0.39 is 44.0 Å². The van der Waals surface area contributed by atoms with Crippen molar-refractivity contribution in [2.24, 2.45) is 0 Å². The van der Waals surface area contributed by atoms with E-state index in [9.17, 15) is 9.67 Å².